The van der Waals surface area contributed by atoms with E-state index < -0.39 is 17.5 Å². The molecule has 1 heterocycles. The number of para-hydroxylation sites is 1. The van der Waals surface area contributed by atoms with Crippen molar-refractivity contribution in [2.24, 2.45) is 0 Å². The summed E-state index contributed by atoms with van der Waals surface area (Å²) >= 11 is 0. The van der Waals surface area contributed by atoms with Crippen molar-refractivity contribution in [3.63, 3.8) is 0 Å². The van der Waals surface area contributed by atoms with E-state index in [1.807, 2.05) is 39.0 Å². The molecule has 144 valence electrons. The zero-order valence-corrected chi connectivity index (χ0v) is 15.8. The summed E-state index contributed by atoms with van der Waals surface area (Å²) in [7, 11) is 0. The number of benzene rings is 2. The van der Waals surface area contributed by atoms with Gasteiger partial charge in [-0.05, 0) is 42.2 Å². The van der Waals surface area contributed by atoms with Crippen molar-refractivity contribution in [1.82, 2.24) is 9.97 Å². The molecule has 0 saturated heterocycles. The summed E-state index contributed by atoms with van der Waals surface area (Å²) in [6, 6.07) is 10.4. The van der Waals surface area contributed by atoms with Gasteiger partial charge in [0.1, 0.15) is 17.3 Å². The molecule has 0 unspecified atom stereocenters. The number of aromatic nitrogens is 2. The van der Waals surface area contributed by atoms with Gasteiger partial charge >= 0.3 is 0 Å². The summed E-state index contributed by atoms with van der Waals surface area (Å²) in [6.07, 6.45) is 1.40. The fourth-order valence-corrected chi connectivity index (χ4v) is 2.78. The lowest BCUT2D eigenvalue weighted by atomic mass is 9.98. The molecule has 0 radical (unpaired) electrons. The molecule has 3 aromatic rings. The largest absolute Gasteiger partial charge is 0.322 e. The van der Waals surface area contributed by atoms with Crippen LogP contribution in [0.4, 0.5) is 26.1 Å². The number of halogens is 2. The van der Waals surface area contributed by atoms with Crippen LogP contribution in [0.5, 0.6) is 0 Å². The van der Waals surface area contributed by atoms with Crippen molar-refractivity contribution in [3.8, 4) is 0 Å². The SMILES string of the molecule is Cc1cccc(C(C)C)c1NC(=O)c1ccnc(Nc2ccc(F)cc2F)n1. The minimum Gasteiger partial charge on any atom is -0.322 e. The molecule has 28 heavy (non-hydrogen) atoms. The first-order valence-electron chi connectivity index (χ1n) is 8.81. The van der Waals surface area contributed by atoms with Crippen LogP contribution in [0, 0.1) is 18.6 Å². The third-order valence-electron chi connectivity index (χ3n) is 4.23. The second-order valence-corrected chi connectivity index (χ2v) is 6.66. The maximum absolute atomic E-state index is 13.8. The summed E-state index contributed by atoms with van der Waals surface area (Å²) in [5, 5.41) is 5.56. The number of nitrogens with zero attached hydrogens (tertiary/aromatic N) is 2. The molecule has 0 saturated carbocycles. The molecule has 5 nitrogen and oxygen atoms in total. The lowest BCUT2D eigenvalue weighted by Gasteiger charge is -2.16. The quantitative estimate of drug-likeness (QED) is 0.638. The molecule has 2 N–H and O–H groups in total. The first-order valence-corrected chi connectivity index (χ1v) is 8.81. The Morgan fingerprint density at radius 2 is 1.89 bits per heavy atom. The number of hydrogen-bond acceptors (Lipinski definition) is 4. The smallest absolute Gasteiger partial charge is 0.274 e. The van der Waals surface area contributed by atoms with Crippen molar-refractivity contribution < 1.29 is 13.6 Å². The van der Waals surface area contributed by atoms with Gasteiger partial charge in [0.15, 0.2) is 0 Å². The standard InChI is InChI=1S/C21H20F2N4O/c1-12(2)15-6-4-5-13(3)19(15)27-20(28)18-9-10-24-21(26-18)25-17-8-7-14(22)11-16(17)23/h4-12H,1-3H3,(H,27,28)(H,24,25,26). The van der Waals surface area contributed by atoms with Crippen LogP contribution >= 0.6 is 0 Å². The van der Waals surface area contributed by atoms with E-state index in [4.69, 9.17) is 0 Å². The van der Waals surface area contributed by atoms with E-state index in [1.165, 1.54) is 18.3 Å². The first-order chi connectivity index (χ1) is 13.3. The monoisotopic (exact) mass is 382 g/mol. The Labute approximate surface area is 161 Å². The summed E-state index contributed by atoms with van der Waals surface area (Å²) in [5.41, 5.74) is 2.85. The van der Waals surface area contributed by atoms with E-state index in [0.29, 0.717) is 0 Å². The van der Waals surface area contributed by atoms with Crippen LogP contribution in [0.15, 0.2) is 48.7 Å². The molecule has 1 amide bonds. The third kappa shape index (κ3) is 4.31. The molecule has 0 spiro atoms. The normalized spacial score (nSPS) is 10.8. The molecule has 0 aliphatic rings. The highest BCUT2D eigenvalue weighted by molar-refractivity contribution is 6.04. The van der Waals surface area contributed by atoms with E-state index in [9.17, 15) is 13.6 Å². The lowest BCUT2D eigenvalue weighted by Crippen LogP contribution is -2.17. The Morgan fingerprint density at radius 3 is 2.61 bits per heavy atom. The van der Waals surface area contributed by atoms with E-state index in [2.05, 4.69) is 20.6 Å². The molecule has 0 aliphatic heterocycles. The van der Waals surface area contributed by atoms with Gasteiger partial charge in [0.2, 0.25) is 5.95 Å². The van der Waals surface area contributed by atoms with Gasteiger partial charge in [-0.2, -0.15) is 0 Å². The van der Waals surface area contributed by atoms with E-state index >= 15 is 0 Å². The number of anilines is 3. The lowest BCUT2D eigenvalue weighted by molar-refractivity contribution is 0.102. The van der Waals surface area contributed by atoms with Crippen molar-refractivity contribution in [1.29, 1.82) is 0 Å². The Morgan fingerprint density at radius 1 is 1.11 bits per heavy atom. The van der Waals surface area contributed by atoms with Crippen molar-refractivity contribution in [3.05, 3.63) is 77.1 Å². The average molecular weight is 382 g/mol. The number of carbonyl (C=O) groups excluding carboxylic acids is 1. The summed E-state index contributed by atoms with van der Waals surface area (Å²) in [6.45, 7) is 6.02. The van der Waals surface area contributed by atoms with Crippen molar-refractivity contribution in [2.45, 2.75) is 26.7 Å². The fourth-order valence-electron chi connectivity index (χ4n) is 2.78. The summed E-state index contributed by atoms with van der Waals surface area (Å²) in [5.74, 6) is -1.59. The second-order valence-electron chi connectivity index (χ2n) is 6.66. The Kier molecular flexibility index (Phi) is 5.63. The van der Waals surface area contributed by atoms with Crippen molar-refractivity contribution in [2.75, 3.05) is 10.6 Å². The molecule has 0 fully saturated rings. The number of amides is 1. The van der Waals surface area contributed by atoms with Crippen LogP contribution in [0.1, 0.15) is 41.4 Å². The van der Waals surface area contributed by atoms with Gasteiger partial charge in [0.05, 0.1) is 5.69 Å². The highest BCUT2D eigenvalue weighted by Gasteiger charge is 2.15. The van der Waals surface area contributed by atoms with Gasteiger partial charge in [0.25, 0.3) is 5.91 Å². The van der Waals surface area contributed by atoms with Crippen molar-refractivity contribution >= 4 is 23.2 Å². The van der Waals surface area contributed by atoms with Gasteiger partial charge in [-0.15, -0.1) is 0 Å². The minimum absolute atomic E-state index is 0.0138. The molecule has 0 atom stereocenters. The maximum Gasteiger partial charge on any atom is 0.274 e. The van der Waals surface area contributed by atoms with Crippen LogP contribution in [0.2, 0.25) is 0 Å². The fraction of sp³-hybridized carbons (Fsp3) is 0.190. The van der Waals surface area contributed by atoms with E-state index in [1.54, 1.807) is 0 Å². The molecular formula is C21H20F2N4O. The third-order valence-corrected chi connectivity index (χ3v) is 4.23. The van der Waals surface area contributed by atoms with Crippen LogP contribution in [-0.4, -0.2) is 15.9 Å². The number of rotatable bonds is 5. The number of aryl methyl sites for hydroxylation is 1. The molecular weight excluding hydrogens is 362 g/mol. The Balaban J connectivity index is 1.83. The number of carbonyl (C=O) groups is 1. The average Bonchev–Trinajstić information content (AvgIpc) is 2.65. The van der Waals surface area contributed by atoms with E-state index in [0.717, 1.165) is 28.9 Å². The van der Waals surface area contributed by atoms with Gasteiger partial charge in [-0.25, -0.2) is 18.7 Å². The van der Waals surface area contributed by atoms with Gasteiger partial charge in [-0.1, -0.05) is 32.0 Å². The highest BCUT2D eigenvalue weighted by atomic mass is 19.1. The minimum atomic E-state index is -0.778. The molecule has 2 aromatic carbocycles. The predicted octanol–water partition coefficient (Wildman–Crippen LogP) is 5.18. The van der Waals surface area contributed by atoms with E-state index in [-0.39, 0.29) is 23.2 Å². The van der Waals surface area contributed by atoms with Gasteiger partial charge in [0, 0.05) is 18.0 Å². The Hall–Kier alpha value is -3.35. The van der Waals surface area contributed by atoms with Crippen LogP contribution in [0.3, 0.4) is 0 Å². The Bertz CT molecular complexity index is 1020. The topological polar surface area (TPSA) is 66.9 Å². The number of hydrogen-bond donors (Lipinski definition) is 2. The van der Waals surface area contributed by atoms with Gasteiger partial charge < -0.3 is 10.6 Å². The second kappa shape index (κ2) is 8.12. The van der Waals surface area contributed by atoms with Crippen LogP contribution < -0.4 is 10.6 Å². The molecule has 3 rings (SSSR count). The predicted molar refractivity (Wildman–Crippen MR) is 105 cm³/mol. The zero-order chi connectivity index (χ0) is 20.3. The van der Waals surface area contributed by atoms with Gasteiger partial charge in [-0.3, -0.25) is 4.79 Å². The highest BCUT2D eigenvalue weighted by Crippen LogP contribution is 2.28. The zero-order valence-electron chi connectivity index (χ0n) is 15.8. The molecule has 0 bridgehead atoms. The molecule has 7 heteroatoms. The number of nitrogens with one attached hydrogen (secondary N) is 2. The van der Waals surface area contributed by atoms with Crippen LogP contribution in [-0.2, 0) is 0 Å². The first kappa shape index (κ1) is 19.4. The summed E-state index contributed by atoms with van der Waals surface area (Å²) in [4.78, 5) is 20.8. The van der Waals surface area contributed by atoms with Crippen LogP contribution in [0.25, 0.3) is 0 Å². The molecule has 1 aromatic heterocycles. The summed E-state index contributed by atoms with van der Waals surface area (Å²) < 4.78 is 26.8. The molecule has 0 aliphatic carbocycles. The maximum atomic E-state index is 13.8.